The Morgan fingerprint density at radius 2 is 2.06 bits per heavy atom. The lowest BCUT2D eigenvalue weighted by molar-refractivity contribution is 0.634. The van der Waals surface area contributed by atoms with E-state index in [9.17, 15) is 0 Å². The summed E-state index contributed by atoms with van der Waals surface area (Å²) >= 11 is 0. The molecule has 1 N–H and O–H groups in total. The summed E-state index contributed by atoms with van der Waals surface area (Å²) in [4.78, 5) is 11.0. The van der Waals surface area contributed by atoms with E-state index in [0.717, 1.165) is 24.6 Å². The Balaban J connectivity index is 2.86. The van der Waals surface area contributed by atoms with Crippen molar-refractivity contribution in [3.8, 4) is 0 Å². The first-order valence-electron chi connectivity index (χ1n) is 5.83. The molecule has 16 heavy (non-hydrogen) atoms. The van der Waals surface area contributed by atoms with Crippen molar-refractivity contribution in [3.05, 3.63) is 11.8 Å². The van der Waals surface area contributed by atoms with Gasteiger partial charge in [0.15, 0.2) is 0 Å². The Bertz CT molecular complexity index is 336. The van der Waals surface area contributed by atoms with Crippen LogP contribution in [-0.4, -0.2) is 30.1 Å². The first-order chi connectivity index (χ1) is 7.52. The molecule has 0 saturated heterocycles. The zero-order valence-corrected chi connectivity index (χ0v) is 10.9. The minimum Gasteiger partial charge on any atom is -0.359 e. The molecule has 0 aromatic carbocycles. The highest BCUT2D eigenvalue weighted by atomic mass is 15.2. The molecule has 0 saturated carbocycles. The molecule has 0 bridgehead atoms. The van der Waals surface area contributed by atoms with Crippen LogP contribution in [0, 0.1) is 12.8 Å². The van der Waals surface area contributed by atoms with Crippen LogP contribution in [-0.2, 0) is 0 Å². The van der Waals surface area contributed by atoms with Crippen molar-refractivity contribution in [3.63, 3.8) is 0 Å². The smallest absolute Gasteiger partial charge is 0.224 e. The third-order valence-electron chi connectivity index (χ3n) is 2.21. The van der Waals surface area contributed by atoms with Crippen LogP contribution < -0.4 is 10.2 Å². The number of nitrogens with zero attached hydrogens (tertiary/aromatic N) is 3. The van der Waals surface area contributed by atoms with Crippen molar-refractivity contribution < 1.29 is 0 Å². The normalized spacial score (nSPS) is 10.6. The fraction of sp³-hybridized carbons (Fsp3) is 0.667. The third-order valence-corrected chi connectivity index (χ3v) is 2.21. The van der Waals surface area contributed by atoms with Gasteiger partial charge in [-0.2, -0.15) is 4.98 Å². The molecule has 1 aromatic heterocycles. The molecule has 0 aliphatic rings. The molecule has 0 unspecified atom stereocenters. The number of rotatable bonds is 5. The summed E-state index contributed by atoms with van der Waals surface area (Å²) in [6.45, 7) is 10.3. The van der Waals surface area contributed by atoms with Gasteiger partial charge in [0.25, 0.3) is 0 Å². The lowest BCUT2D eigenvalue weighted by Crippen LogP contribution is -2.24. The average molecular weight is 222 g/mol. The number of aryl methyl sites for hydroxylation is 1. The Kier molecular flexibility index (Phi) is 4.52. The van der Waals surface area contributed by atoms with E-state index in [4.69, 9.17) is 0 Å². The summed E-state index contributed by atoms with van der Waals surface area (Å²) in [5.74, 6) is 2.33. The lowest BCUT2D eigenvalue weighted by atomic mass is 10.2. The average Bonchev–Trinajstić information content (AvgIpc) is 2.16. The van der Waals surface area contributed by atoms with Gasteiger partial charge in [0.1, 0.15) is 5.82 Å². The highest BCUT2D eigenvalue weighted by molar-refractivity contribution is 5.44. The van der Waals surface area contributed by atoms with E-state index in [0.29, 0.717) is 11.9 Å². The van der Waals surface area contributed by atoms with Gasteiger partial charge < -0.3 is 10.2 Å². The second-order valence-electron chi connectivity index (χ2n) is 4.50. The summed E-state index contributed by atoms with van der Waals surface area (Å²) in [7, 11) is 2.07. The summed E-state index contributed by atoms with van der Waals surface area (Å²) in [5.41, 5.74) is 0.997. The minimum absolute atomic E-state index is 0.628. The van der Waals surface area contributed by atoms with E-state index < -0.39 is 0 Å². The van der Waals surface area contributed by atoms with Crippen molar-refractivity contribution in [1.29, 1.82) is 0 Å². The van der Waals surface area contributed by atoms with Crippen molar-refractivity contribution in [2.45, 2.75) is 27.7 Å². The number of aromatic nitrogens is 2. The Morgan fingerprint density at radius 3 is 2.62 bits per heavy atom. The molecule has 4 heteroatoms. The Morgan fingerprint density at radius 1 is 1.38 bits per heavy atom. The number of nitrogens with one attached hydrogen (secondary N) is 1. The van der Waals surface area contributed by atoms with Crippen LogP contribution in [0.15, 0.2) is 6.07 Å². The summed E-state index contributed by atoms with van der Waals surface area (Å²) < 4.78 is 0. The molecule has 0 aliphatic heterocycles. The molecule has 0 fully saturated rings. The highest BCUT2D eigenvalue weighted by Crippen LogP contribution is 2.14. The molecule has 90 valence electrons. The maximum absolute atomic E-state index is 4.48. The van der Waals surface area contributed by atoms with Gasteiger partial charge in [-0.3, -0.25) is 0 Å². The molecule has 0 atom stereocenters. The van der Waals surface area contributed by atoms with Gasteiger partial charge in [-0.25, -0.2) is 4.98 Å². The second-order valence-corrected chi connectivity index (χ2v) is 4.50. The summed E-state index contributed by atoms with van der Waals surface area (Å²) in [6, 6.07) is 2.02. The van der Waals surface area contributed by atoms with E-state index >= 15 is 0 Å². The van der Waals surface area contributed by atoms with Crippen molar-refractivity contribution in [2.24, 2.45) is 5.92 Å². The van der Waals surface area contributed by atoms with Crippen LogP contribution in [0.4, 0.5) is 11.8 Å². The number of anilines is 2. The van der Waals surface area contributed by atoms with E-state index in [1.807, 2.05) is 19.9 Å². The predicted octanol–water partition coefficient (Wildman–Crippen LogP) is 2.31. The van der Waals surface area contributed by atoms with Crippen molar-refractivity contribution in [1.82, 2.24) is 9.97 Å². The van der Waals surface area contributed by atoms with Gasteiger partial charge in [-0.15, -0.1) is 0 Å². The van der Waals surface area contributed by atoms with E-state index in [1.165, 1.54) is 0 Å². The summed E-state index contributed by atoms with van der Waals surface area (Å²) in [6.07, 6.45) is 0. The van der Waals surface area contributed by atoms with Crippen LogP contribution in [0.1, 0.15) is 26.5 Å². The number of hydrogen-bond donors (Lipinski definition) is 1. The van der Waals surface area contributed by atoms with Crippen molar-refractivity contribution >= 4 is 11.8 Å². The van der Waals surface area contributed by atoms with Gasteiger partial charge in [0.05, 0.1) is 0 Å². The standard InChI is InChI=1S/C12H22N4/c1-6-13-12-14-10(4)7-11(15-12)16(5)8-9(2)3/h7,9H,6,8H2,1-5H3,(H,13,14,15). The molecule has 0 aliphatic carbocycles. The number of hydrogen-bond acceptors (Lipinski definition) is 4. The molecular formula is C12H22N4. The second kappa shape index (κ2) is 5.68. The van der Waals surface area contributed by atoms with E-state index in [2.05, 4.69) is 41.1 Å². The quantitative estimate of drug-likeness (QED) is 0.830. The van der Waals surface area contributed by atoms with Gasteiger partial charge >= 0.3 is 0 Å². The van der Waals surface area contributed by atoms with Crippen LogP contribution in [0.25, 0.3) is 0 Å². The third kappa shape index (κ3) is 3.68. The maximum atomic E-state index is 4.48. The van der Waals surface area contributed by atoms with Crippen molar-refractivity contribution in [2.75, 3.05) is 30.4 Å². The van der Waals surface area contributed by atoms with Gasteiger partial charge in [0.2, 0.25) is 5.95 Å². The molecule has 1 aromatic rings. The highest BCUT2D eigenvalue weighted by Gasteiger charge is 2.07. The predicted molar refractivity (Wildman–Crippen MR) is 69.0 cm³/mol. The molecule has 1 rings (SSSR count). The van der Waals surface area contributed by atoms with Crippen LogP contribution in [0.2, 0.25) is 0 Å². The topological polar surface area (TPSA) is 41.1 Å². The monoisotopic (exact) mass is 222 g/mol. The Hall–Kier alpha value is -1.32. The van der Waals surface area contributed by atoms with Gasteiger partial charge in [0, 0.05) is 31.9 Å². The fourth-order valence-electron chi connectivity index (χ4n) is 1.63. The maximum Gasteiger partial charge on any atom is 0.224 e. The SMILES string of the molecule is CCNc1nc(C)cc(N(C)CC(C)C)n1. The van der Waals surface area contributed by atoms with E-state index in [1.54, 1.807) is 0 Å². The molecule has 4 nitrogen and oxygen atoms in total. The first-order valence-corrected chi connectivity index (χ1v) is 5.83. The van der Waals surface area contributed by atoms with Crippen LogP contribution in [0.5, 0.6) is 0 Å². The Labute approximate surface area is 98.1 Å². The molecule has 0 spiro atoms. The summed E-state index contributed by atoms with van der Waals surface area (Å²) in [5, 5.41) is 3.15. The zero-order valence-electron chi connectivity index (χ0n) is 10.9. The molecule has 1 heterocycles. The molecule has 0 radical (unpaired) electrons. The van der Waals surface area contributed by atoms with Crippen LogP contribution in [0.3, 0.4) is 0 Å². The van der Waals surface area contributed by atoms with E-state index in [-0.39, 0.29) is 0 Å². The van der Waals surface area contributed by atoms with Crippen LogP contribution >= 0.6 is 0 Å². The van der Waals surface area contributed by atoms with Gasteiger partial charge in [-0.1, -0.05) is 13.8 Å². The minimum atomic E-state index is 0.628. The molecular weight excluding hydrogens is 200 g/mol. The largest absolute Gasteiger partial charge is 0.359 e. The van der Waals surface area contributed by atoms with Gasteiger partial charge in [-0.05, 0) is 19.8 Å². The fourth-order valence-corrected chi connectivity index (χ4v) is 1.63. The first kappa shape index (κ1) is 12.7. The lowest BCUT2D eigenvalue weighted by Gasteiger charge is -2.21. The zero-order chi connectivity index (χ0) is 12.1. The molecule has 0 amide bonds.